The molecule has 0 N–H and O–H groups in total. The van der Waals surface area contributed by atoms with Crippen molar-refractivity contribution >= 4 is 21.8 Å². The summed E-state index contributed by atoms with van der Waals surface area (Å²) in [6.45, 7) is 4.64. The minimum Gasteiger partial charge on any atom is -0.256 e. The highest BCUT2D eigenvalue weighted by Gasteiger charge is 2.35. The highest BCUT2D eigenvalue weighted by molar-refractivity contribution is 5.86. The third kappa shape index (κ3) is 4.59. The molecule has 0 radical (unpaired) electrons. The Balaban J connectivity index is 1.13. The first-order chi connectivity index (χ1) is 23.0. The van der Waals surface area contributed by atoms with Crippen LogP contribution in [-0.4, -0.2) is 24.9 Å². The first kappa shape index (κ1) is 27.3. The molecular formula is C42H29N5. The second kappa shape index (κ2) is 10.5. The van der Waals surface area contributed by atoms with Gasteiger partial charge >= 0.3 is 0 Å². The molecule has 0 bridgehead atoms. The van der Waals surface area contributed by atoms with E-state index in [1.165, 1.54) is 27.8 Å². The van der Waals surface area contributed by atoms with E-state index in [2.05, 4.69) is 115 Å². The van der Waals surface area contributed by atoms with Gasteiger partial charge in [0, 0.05) is 45.3 Å². The molecule has 0 amide bonds. The molecule has 0 aliphatic heterocycles. The lowest BCUT2D eigenvalue weighted by atomic mass is 9.81. The average Bonchev–Trinajstić information content (AvgIpc) is 3.36. The van der Waals surface area contributed by atoms with Gasteiger partial charge in [-0.25, -0.2) is 15.0 Å². The molecule has 0 atom stereocenters. The van der Waals surface area contributed by atoms with Crippen LogP contribution in [0.2, 0.25) is 0 Å². The van der Waals surface area contributed by atoms with E-state index in [0.29, 0.717) is 17.5 Å². The van der Waals surface area contributed by atoms with E-state index in [1.54, 1.807) is 0 Å². The Morgan fingerprint density at radius 2 is 0.915 bits per heavy atom. The molecule has 5 heteroatoms. The fourth-order valence-electron chi connectivity index (χ4n) is 6.89. The van der Waals surface area contributed by atoms with Crippen molar-refractivity contribution in [3.05, 3.63) is 151 Å². The molecule has 8 aromatic rings. The Hall–Kier alpha value is -6.07. The van der Waals surface area contributed by atoms with E-state index in [4.69, 9.17) is 15.0 Å². The topological polar surface area (TPSA) is 64.5 Å². The number of aromatic nitrogens is 5. The zero-order chi connectivity index (χ0) is 31.5. The second-order valence-electron chi connectivity index (χ2n) is 12.6. The van der Waals surface area contributed by atoms with E-state index in [-0.39, 0.29) is 5.41 Å². The van der Waals surface area contributed by atoms with Crippen molar-refractivity contribution < 1.29 is 0 Å². The number of benzene rings is 5. The van der Waals surface area contributed by atoms with E-state index in [9.17, 15) is 0 Å². The summed E-state index contributed by atoms with van der Waals surface area (Å²) >= 11 is 0. The lowest BCUT2D eigenvalue weighted by Gasteiger charge is -2.22. The standard InChI is InChI=1S/C42H29N5/c1-42(2)35-10-4-3-9-33(35)34-18-15-28(25-36(34)42)26-11-13-27(14-12-26)39-45-40(31-16-19-37-29(23-31)7-5-21-43-37)47-41(46-39)32-17-20-38-30(24-32)8-6-22-44-38/h3-25H,1-2H3. The summed E-state index contributed by atoms with van der Waals surface area (Å²) in [6, 6.07) is 44.4. The van der Waals surface area contributed by atoms with Crippen LogP contribution < -0.4 is 0 Å². The summed E-state index contributed by atoms with van der Waals surface area (Å²) in [5.74, 6) is 1.86. The van der Waals surface area contributed by atoms with Gasteiger partial charge < -0.3 is 0 Å². The SMILES string of the molecule is CC1(C)c2ccccc2-c2ccc(-c3ccc(-c4nc(-c5ccc6ncccc6c5)nc(-c5ccc6ncccc6c5)n4)cc3)cc21. The molecule has 5 aromatic carbocycles. The molecule has 0 unspecified atom stereocenters. The zero-order valence-electron chi connectivity index (χ0n) is 26.0. The minimum atomic E-state index is -0.0444. The third-order valence-electron chi connectivity index (χ3n) is 9.42. The zero-order valence-corrected chi connectivity index (χ0v) is 26.0. The maximum atomic E-state index is 5.01. The van der Waals surface area contributed by atoms with Crippen molar-refractivity contribution in [3.8, 4) is 56.4 Å². The Morgan fingerprint density at radius 1 is 0.404 bits per heavy atom. The fraction of sp³-hybridized carbons (Fsp3) is 0.0714. The van der Waals surface area contributed by atoms with Crippen molar-refractivity contribution in [2.75, 3.05) is 0 Å². The molecule has 0 saturated carbocycles. The van der Waals surface area contributed by atoms with Gasteiger partial charge in [-0.05, 0) is 88.0 Å². The van der Waals surface area contributed by atoms with Gasteiger partial charge in [0.1, 0.15) is 0 Å². The van der Waals surface area contributed by atoms with Crippen molar-refractivity contribution in [1.82, 2.24) is 24.9 Å². The van der Waals surface area contributed by atoms with Gasteiger partial charge in [0.25, 0.3) is 0 Å². The maximum absolute atomic E-state index is 5.01. The summed E-state index contributed by atoms with van der Waals surface area (Å²) in [7, 11) is 0. The minimum absolute atomic E-state index is 0.0444. The summed E-state index contributed by atoms with van der Waals surface area (Å²) < 4.78 is 0. The lowest BCUT2D eigenvalue weighted by molar-refractivity contribution is 0.660. The molecule has 222 valence electrons. The first-order valence-electron chi connectivity index (χ1n) is 15.8. The third-order valence-corrected chi connectivity index (χ3v) is 9.42. The molecule has 3 aromatic heterocycles. The van der Waals surface area contributed by atoms with Gasteiger partial charge in [-0.1, -0.05) is 86.6 Å². The summed E-state index contributed by atoms with van der Waals surface area (Å²) in [4.78, 5) is 24.0. The quantitative estimate of drug-likeness (QED) is 0.200. The van der Waals surface area contributed by atoms with Gasteiger partial charge in [-0.2, -0.15) is 0 Å². The van der Waals surface area contributed by atoms with Gasteiger partial charge in [-0.3, -0.25) is 9.97 Å². The van der Waals surface area contributed by atoms with Crippen molar-refractivity contribution in [3.63, 3.8) is 0 Å². The van der Waals surface area contributed by atoms with E-state index < -0.39 is 0 Å². The summed E-state index contributed by atoms with van der Waals surface area (Å²) in [5.41, 5.74) is 12.3. The maximum Gasteiger partial charge on any atom is 0.164 e. The number of hydrogen-bond donors (Lipinski definition) is 0. The second-order valence-corrected chi connectivity index (χ2v) is 12.6. The van der Waals surface area contributed by atoms with Crippen LogP contribution in [-0.2, 0) is 5.41 Å². The Bertz CT molecular complexity index is 2400. The summed E-state index contributed by atoms with van der Waals surface area (Å²) in [5, 5.41) is 2.07. The van der Waals surface area contributed by atoms with Crippen LogP contribution in [0, 0.1) is 0 Å². The molecule has 0 saturated heterocycles. The van der Waals surface area contributed by atoms with Gasteiger partial charge in [0.05, 0.1) is 11.0 Å². The number of hydrogen-bond acceptors (Lipinski definition) is 5. The van der Waals surface area contributed by atoms with Crippen LogP contribution in [0.5, 0.6) is 0 Å². The van der Waals surface area contributed by atoms with Gasteiger partial charge in [0.2, 0.25) is 0 Å². The predicted molar refractivity (Wildman–Crippen MR) is 190 cm³/mol. The number of rotatable bonds is 4. The smallest absolute Gasteiger partial charge is 0.164 e. The van der Waals surface area contributed by atoms with Gasteiger partial charge in [-0.15, -0.1) is 0 Å². The first-order valence-corrected chi connectivity index (χ1v) is 15.8. The van der Waals surface area contributed by atoms with Gasteiger partial charge in [0.15, 0.2) is 17.5 Å². The molecule has 0 fully saturated rings. The molecule has 3 heterocycles. The molecule has 1 aliphatic carbocycles. The predicted octanol–water partition coefficient (Wildman–Crippen LogP) is 9.94. The Labute approximate surface area is 272 Å². The van der Waals surface area contributed by atoms with E-state index in [0.717, 1.165) is 44.1 Å². The van der Waals surface area contributed by atoms with Crippen LogP contribution in [0.25, 0.3) is 78.2 Å². The van der Waals surface area contributed by atoms with Crippen LogP contribution in [0.3, 0.4) is 0 Å². The molecular weight excluding hydrogens is 574 g/mol. The van der Waals surface area contributed by atoms with Crippen molar-refractivity contribution in [2.45, 2.75) is 19.3 Å². The molecule has 5 nitrogen and oxygen atoms in total. The molecule has 0 spiro atoms. The molecule has 1 aliphatic rings. The lowest BCUT2D eigenvalue weighted by Crippen LogP contribution is -2.14. The highest BCUT2D eigenvalue weighted by atomic mass is 15.0. The largest absolute Gasteiger partial charge is 0.256 e. The summed E-state index contributed by atoms with van der Waals surface area (Å²) in [6.07, 6.45) is 3.62. The highest BCUT2D eigenvalue weighted by Crippen LogP contribution is 2.49. The van der Waals surface area contributed by atoms with Crippen LogP contribution >= 0.6 is 0 Å². The van der Waals surface area contributed by atoms with Crippen LogP contribution in [0.4, 0.5) is 0 Å². The Kier molecular flexibility index (Phi) is 6.09. The fourth-order valence-corrected chi connectivity index (χ4v) is 6.89. The normalized spacial score (nSPS) is 13.1. The number of nitrogens with zero attached hydrogens (tertiary/aromatic N) is 5. The van der Waals surface area contributed by atoms with Crippen LogP contribution in [0.15, 0.2) is 140 Å². The number of pyridine rings is 2. The molecule has 47 heavy (non-hydrogen) atoms. The average molecular weight is 604 g/mol. The Morgan fingerprint density at radius 3 is 1.55 bits per heavy atom. The van der Waals surface area contributed by atoms with Crippen molar-refractivity contribution in [1.29, 1.82) is 0 Å². The van der Waals surface area contributed by atoms with Crippen molar-refractivity contribution in [2.24, 2.45) is 0 Å². The molecule has 9 rings (SSSR count). The monoisotopic (exact) mass is 603 g/mol. The number of fused-ring (bicyclic) bond motifs is 5. The van der Waals surface area contributed by atoms with Crippen LogP contribution in [0.1, 0.15) is 25.0 Å². The van der Waals surface area contributed by atoms with E-state index in [1.807, 2.05) is 48.8 Å². The van der Waals surface area contributed by atoms with E-state index >= 15 is 0 Å².